The number of fused-ring (bicyclic) bond motifs is 2. The third kappa shape index (κ3) is 6.02. The summed E-state index contributed by atoms with van der Waals surface area (Å²) < 4.78 is 38.2. The Kier molecular flexibility index (Phi) is 8.06. The van der Waals surface area contributed by atoms with E-state index in [1.807, 2.05) is 0 Å². The molecule has 1 aromatic carbocycles. The van der Waals surface area contributed by atoms with Crippen molar-refractivity contribution >= 4 is 23.7 Å². The summed E-state index contributed by atoms with van der Waals surface area (Å²) in [6, 6.07) is 4.77. The minimum Gasteiger partial charge on any atom is -0.454 e. The first-order valence-electron chi connectivity index (χ1n) is 11.2. The van der Waals surface area contributed by atoms with E-state index in [1.165, 1.54) is 7.11 Å². The second-order valence-corrected chi connectivity index (χ2v) is 7.98. The molecule has 0 saturated carbocycles. The van der Waals surface area contributed by atoms with E-state index in [0.717, 1.165) is 0 Å². The predicted molar refractivity (Wildman–Crippen MR) is 117 cm³/mol. The molecule has 1 amide bonds. The molecule has 2 N–H and O–H groups in total. The maximum Gasteiger partial charge on any atom is 0.412 e. The molecule has 1 aromatic rings. The third-order valence-electron chi connectivity index (χ3n) is 5.60. The summed E-state index contributed by atoms with van der Waals surface area (Å²) in [7, 11) is 1.32. The molecular weight excluding hydrogens is 466 g/mol. The molecule has 0 aromatic heterocycles. The summed E-state index contributed by atoms with van der Waals surface area (Å²) in [4.78, 5) is 37.7. The van der Waals surface area contributed by atoms with Crippen LogP contribution in [0.5, 0.6) is 11.5 Å². The molecule has 35 heavy (non-hydrogen) atoms. The van der Waals surface area contributed by atoms with E-state index in [9.17, 15) is 19.5 Å². The third-order valence-corrected chi connectivity index (χ3v) is 5.60. The average Bonchev–Trinajstić information content (AvgIpc) is 3.30. The van der Waals surface area contributed by atoms with E-state index in [-0.39, 0.29) is 19.6 Å². The van der Waals surface area contributed by atoms with Crippen molar-refractivity contribution in [3.63, 3.8) is 0 Å². The highest BCUT2D eigenvalue weighted by Gasteiger charge is 2.52. The second kappa shape index (κ2) is 11.4. The quantitative estimate of drug-likeness (QED) is 0.358. The summed E-state index contributed by atoms with van der Waals surface area (Å²) in [5.74, 6) is -0.179. The van der Waals surface area contributed by atoms with E-state index in [1.54, 1.807) is 30.4 Å². The summed E-state index contributed by atoms with van der Waals surface area (Å²) in [6.45, 7) is -0.510. The number of methoxy groups -OCH3 is 1. The average molecular weight is 493 g/mol. The van der Waals surface area contributed by atoms with E-state index < -0.39 is 55.3 Å². The lowest BCUT2D eigenvalue weighted by molar-refractivity contribution is -0.299. The van der Waals surface area contributed by atoms with E-state index in [0.29, 0.717) is 30.0 Å². The molecule has 3 aliphatic rings. The lowest BCUT2D eigenvalue weighted by Gasteiger charge is -2.43. The van der Waals surface area contributed by atoms with Crippen LogP contribution in [0.4, 0.5) is 10.5 Å². The molecule has 3 aliphatic heterocycles. The number of amides is 1. The van der Waals surface area contributed by atoms with Crippen molar-refractivity contribution in [1.82, 2.24) is 0 Å². The molecular formula is C23H27NO11. The number of anilines is 1. The van der Waals surface area contributed by atoms with E-state index in [4.69, 9.17) is 33.2 Å². The van der Waals surface area contributed by atoms with Gasteiger partial charge in [0.1, 0.15) is 6.10 Å². The van der Waals surface area contributed by atoms with Crippen molar-refractivity contribution in [2.45, 2.75) is 56.4 Å². The number of hydrogen-bond acceptors (Lipinski definition) is 11. The zero-order valence-corrected chi connectivity index (χ0v) is 19.0. The van der Waals surface area contributed by atoms with Crippen molar-refractivity contribution < 1.29 is 52.6 Å². The lowest BCUT2D eigenvalue weighted by Crippen LogP contribution is -2.62. The van der Waals surface area contributed by atoms with Gasteiger partial charge in [-0.05, 0) is 25.0 Å². The van der Waals surface area contributed by atoms with Crippen molar-refractivity contribution in [3.05, 3.63) is 30.4 Å². The fourth-order valence-electron chi connectivity index (χ4n) is 3.92. The molecule has 0 radical (unpaired) electrons. The SMILES string of the molecule is CO[C@H]1O[C@H](CO)[C@H](OC(=O)Nc2ccc3c(c2)OCO3)[C@@H]2OC(=O)CCC=CCCC(=O)O[C@@H]12. The van der Waals surface area contributed by atoms with Crippen LogP contribution in [0.1, 0.15) is 25.7 Å². The van der Waals surface area contributed by atoms with Crippen LogP contribution in [0.15, 0.2) is 30.4 Å². The Labute approximate surface area is 201 Å². The lowest BCUT2D eigenvalue weighted by atomic mass is 9.98. The summed E-state index contributed by atoms with van der Waals surface area (Å²) >= 11 is 0. The number of hydrogen-bond donors (Lipinski definition) is 2. The Morgan fingerprint density at radius 1 is 1.06 bits per heavy atom. The Morgan fingerprint density at radius 3 is 2.43 bits per heavy atom. The highest BCUT2D eigenvalue weighted by molar-refractivity contribution is 5.85. The topological polar surface area (TPSA) is 148 Å². The minimum atomic E-state index is -1.30. The second-order valence-electron chi connectivity index (χ2n) is 7.98. The predicted octanol–water partition coefficient (Wildman–Crippen LogP) is 1.65. The first-order chi connectivity index (χ1) is 17.0. The normalized spacial score (nSPS) is 28.6. The smallest absolute Gasteiger partial charge is 0.412 e. The number of aliphatic hydroxyl groups excluding tert-OH is 1. The standard InChI is InChI=1S/C23H27NO11/c1-29-22-21-20(33-17(26)6-4-2-3-5-7-18(27)34-21)19(16(11-25)32-22)35-23(28)24-13-8-9-14-15(10-13)31-12-30-14/h2-3,8-10,16,19-22,25H,4-7,11-12H2,1H3,(H,24,28)/t16-,19+,20+,21-,22+/m1/s1. The van der Waals surface area contributed by atoms with Crippen LogP contribution in [0.25, 0.3) is 0 Å². The van der Waals surface area contributed by atoms with Gasteiger partial charge in [-0.25, -0.2) is 4.79 Å². The molecule has 190 valence electrons. The number of nitrogens with one attached hydrogen (secondary N) is 1. The number of allylic oxidation sites excluding steroid dienone is 2. The number of benzene rings is 1. The molecule has 0 spiro atoms. The minimum absolute atomic E-state index is 0.0616. The van der Waals surface area contributed by atoms with Gasteiger partial charge in [-0.2, -0.15) is 0 Å². The maximum absolute atomic E-state index is 12.8. The van der Waals surface area contributed by atoms with Gasteiger partial charge >= 0.3 is 18.0 Å². The molecule has 0 unspecified atom stereocenters. The van der Waals surface area contributed by atoms with Crippen LogP contribution in [0.3, 0.4) is 0 Å². The molecule has 1 fully saturated rings. The summed E-state index contributed by atoms with van der Waals surface area (Å²) in [5.41, 5.74) is 0.358. The molecule has 0 aliphatic carbocycles. The molecule has 12 heteroatoms. The molecule has 12 nitrogen and oxygen atoms in total. The number of aliphatic hydroxyl groups is 1. The van der Waals surface area contributed by atoms with Crippen LogP contribution in [-0.4, -0.2) is 74.4 Å². The van der Waals surface area contributed by atoms with Crippen molar-refractivity contribution in [1.29, 1.82) is 0 Å². The van der Waals surface area contributed by atoms with Crippen LogP contribution >= 0.6 is 0 Å². The monoisotopic (exact) mass is 493 g/mol. The Bertz CT molecular complexity index is 965. The van der Waals surface area contributed by atoms with Crippen molar-refractivity contribution in [3.8, 4) is 11.5 Å². The fourth-order valence-corrected chi connectivity index (χ4v) is 3.92. The number of rotatable bonds is 4. The van der Waals surface area contributed by atoms with E-state index >= 15 is 0 Å². The largest absolute Gasteiger partial charge is 0.454 e. The molecule has 0 bridgehead atoms. The van der Waals surface area contributed by atoms with Gasteiger partial charge in [0, 0.05) is 31.7 Å². The Hall–Kier alpha value is -3.35. The first kappa shape index (κ1) is 24.8. The van der Waals surface area contributed by atoms with Crippen molar-refractivity contribution in [2.75, 3.05) is 25.8 Å². The highest BCUT2D eigenvalue weighted by Crippen LogP contribution is 2.35. The van der Waals surface area contributed by atoms with Gasteiger partial charge in [0.05, 0.1) is 6.61 Å². The number of esters is 2. The van der Waals surface area contributed by atoms with Gasteiger partial charge < -0.3 is 38.3 Å². The molecule has 5 atom stereocenters. The zero-order valence-electron chi connectivity index (χ0n) is 19.0. The van der Waals surface area contributed by atoms with Gasteiger partial charge in [0.15, 0.2) is 36.1 Å². The molecule has 1 saturated heterocycles. The fraction of sp³-hybridized carbons (Fsp3) is 0.522. The first-order valence-corrected chi connectivity index (χ1v) is 11.2. The van der Waals surface area contributed by atoms with Crippen molar-refractivity contribution in [2.24, 2.45) is 0 Å². The number of carbonyl (C=O) groups is 3. The Balaban J connectivity index is 1.55. The van der Waals surface area contributed by atoms with Gasteiger partial charge in [0.2, 0.25) is 6.79 Å². The van der Waals surface area contributed by atoms with Gasteiger partial charge in [-0.3, -0.25) is 14.9 Å². The summed E-state index contributed by atoms with van der Waals surface area (Å²) in [6.07, 6.45) is -2.47. The van der Waals surface area contributed by atoms with Crippen LogP contribution in [0.2, 0.25) is 0 Å². The van der Waals surface area contributed by atoms with Crippen LogP contribution in [0, 0.1) is 0 Å². The van der Waals surface area contributed by atoms with Gasteiger partial charge in [-0.1, -0.05) is 12.2 Å². The number of carbonyl (C=O) groups excluding carboxylic acids is 3. The maximum atomic E-state index is 12.8. The number of ether oxygens (including phenoxy) is 7. The Morgan fingerprint density at radius 2 is 1.74 bits per heavy atom. The van der Waals surface area contributed by atoms with Gasteiger partial charge in [-0.15, -0.1) is 0 Å². The van der Waals surface area contributed by atoms with E-state index in [2.05, 4.69) is 5.32 Å². The molecule has 3 heterocycles. The highest BCUT2D eigenvalue weighted by atomic mass is 16.7. The van der Waals surface area contributed by atoms with Crippen LogP contribution in [-0.2, 0) is 33.3 Å². The summed E-state index contributed by atoms with van der Waals surface area (Å²) in [5, 5.41) is 12.5. The zero-order chi connectivity index (χ0) is 24.8. The van der Waals surface area contributed by atoms with Crippen LogP contribution < -0.4 is 14.8 Å². The molecule has 4 rings (SSSR count). The van der Waals surface area contributed by atoms with Gasteiger partial charge in [0.25, 0.3) is 0 Å².